The zero-order chi connectivity index (χ0) is 20.4. The van der Waals surface area contributed by atoms with Crippen LogP contribution in [0, 0.1) is 0 Å². The minimum absolute atomic E-state index is 0.0106. The molecule has 0 aliphatic carbocycles. The van der Waals surface area contributed by atoms with Crippen LogP contribution in [0.4, 0.5) is 13.2 Å². The quantitative estimate of drug-likeness (QED) is 0.473. The lowest BCUT2D eigenvalue weighted by molar-refractivity contribution is -0.274. The Labute approximate surface area is 162 Å². The van der Waals surface area contributed by atoms with E-state index < -0.39 is 6.36 Å². The number of guanidine groups is 1. The van der Waals surface area contributed by atoms with E-state index in [9.17, 15) is 18.3 Å². The van der Waals surface area contributed by atoms with Crippen molar-refractivity contribution >= 4 is 5.96 Å². The Balaban J connectivity index is 2.06. The number of nitrogens with zero attached hydrogens (tertiary/aromatic N) is 1. The van der Waals surface area contributed by atoms with Gasteiger partial charge in [-0.15, -0.1) is 13.2 Å². The van der Waals surface area contributed by atoms with E-state index in [4.69, 9.17) is 0 Å². The van der Waals surface area contributed by atoms with E-state index in [1.54, 1.807) is 6.07 Å². The predicted octanol–water partition coefficient (Wildman–Crippen LogP) is 3.42. The highest BCUT2D eigenvalue weighted by Crippen LogP contribution is 2.26. The molecule has 0 amide bonds. The Kier molecular flexibility index (Phi) is 8.13. The fraction of sp³-hybridized carbons (Fsp3) is 0.350. The zero-order valence-corrected chi connectivity index (χ0v) is 15.5. The monoisotopic (exact) mass is 395 g/mol. The lowest BCUT2D eigenvalue weighted by atomic mass is 10.0. The number of alkyl halides is 3. The predicted molar refractivity (Wildman–Crippen MR) is 102 cm³/mol. The lowest BCUT2D eigenvalue weighted by Crippen LogP contribution is -2.40. The first-order valence-corrected chi connectivity index (χ1v) is 8.94. The van der Waals surface area contributed by atoms with Crippen LogP contribution in [0.15, 0.2) is 59.6 Å². The number of para-hydroxylation sites is 1. The van der Waals surface area contributed by atoms with Crippen LogP contribution in [-0.2, 0) is 6.54 Å². The minimum atomic E-state index is -4.76. The fourth-order valence-electron chi connectivity index (χ4n) is 2.60. The summed E-state index contributed by atoms with van der Waals surface area (Å²) in [6, 6.07) is 15.5. The van der Waals surface area contributed by atoms with Crippen LogP contribution in [0.5, 0.6) is 5.75 Å². The topological polar surface area (TPSA) is 65.9 Å². The summed E-state index contributed by atoms with van der Waals surface area (Å²) in [5, 5.41) is 15.8. The molecule has 5 nitrogen and oxygen atoms in total. The largest absolute Gasteiger partial charge is 0.573 e. The van der Waals surface area contributed by atoms with Gasteiger partial charge in [0.25, 0.3) is 0 Å². The number of rotatable bonds is 8. The van der Waals surface area contributed by atoms with Crippen LogP contribution in [0.1, 0.15) is 24.0 Å². The Morgan fingerprint density at radius 1 is 1.07 bits per heavy atom. The van der Waals surface area contributed by atoms with Crippen LogP contribution in [0.2, 0.25) is 0 Å². The molecule has 0 aliphatic rings. The number of hydrogen-bond donors (Lipinski definition) is 3. The van der Waals surface area contributed by atoms with Gasteiger partial charge in [-0.05, 0) is 18.6 Å². The maximum Gasteiger partial charge on any atom is 0.573 e. The van der Waals surface area contributed by atoms with Gasteiger partial charge in [-0.2, -0.15) is 0 Å². The molecule has 0 fully saturated rings. The molecule has 8 heteroatoms. The fourth-order valence-corrected chi connectivity index (χ4v) is 2.60. The molecule has 0 spiro atoms. The summed E-state index contributed by atoms with van der Waals surface area (Å²) in [7, 11) is 0. The van der Waals surface area contributed by atoms with Gasteiger partial charge in [0, 0.05) is 24.6 Å². The van der Waals surface area contributed by atoms with E-state index in [1.165, 1.54) is 18.2 Å². The molecule has 0 radical (unpaired) electrons. The highest BCUT2D eigenvalue weighted by atomic mass is 19.4. The van der Waals surface area contributed by atoms with Crippen LogP contribution in [0.25, 0.3) is 0 Å². The second-order valence-electron chi connectivity index (χ2n) is 6.02. The summed E-state index contributed by atoms with van der Waals surface area (Å²) in [5.74, 6) is 0.0386. The molecule has 0 saturated heterocycles. The number of nitrogens with one attached hydrogen (secondary N) is 2. The third-order valence-corrected chi connectivity index (χ3v) is 3.96. The van der Waals surface area contributed by atoms with Gasteiger partial charge in [-0.1, -0.05) is 48.5 Å². The van der Waals surface area contributed by atoms with Crippen LogP contribution < -0.4 is 15.4 Å². The summed E-state index contributed by atoms with van der Waals surface area (Å²) in [4.78, 5) is 4.34. The van der Waals surface area contributed by atoms with Gasteiger partial charge in [0.2, 0.25) is 0 Å². The highest BCUT2D eigenvalue weighted by molar-refractivity contribution is 5.79. The Morgan fingerprint density at radius 3 is 2.39 bits per heavy atom. The van der Waals surface area contributed by atoms with Crippen LogP contribution in [-0.4, -0.2) is 37.1 Å². The van der Waals surface area contributed by atoms with Crippen molar-refractivity contribution in [1.29, 1.82) is 0 Å². The Morgan fingerprint density at radius 2 is 1.75 bits per heavy atom. The second kappa shape index (κ2) is 10.6. The SMILES string of the molecule is CCNC(=NCc1ccccc1OC(F)(F)F)NCC(CO)c1ccccc1. The molecular formula is C20H24F3N3O2. The van der Waals surface area contributed by atoms with Crippen molar-refractivity contribution in [3.63, 3.8) is 0 Å². The summed E-state index contributed by atoms with van der Waals surface area (Å²) < 4.78 is 41.7. The van der Waals surface area contributed by atoms with Crippen molar-refractivity contribution in [1.82, 2.24) is 10.6 Å². The van der Waals surface area contributed by atoms with Gasteiger partial charge in [0.15, 0.2) is 5.96 Å². The molecule has 0 aliphatic heterocycles. The maximum absolute atomic E-state index is 12.5. The van der Waals surface area contributed by atoms with Gasteiger partial charge in [0.1, 0.15) is 5.75 Å². The molecule has 2 aromatic carbocycles. The molecule has 152 valence electrons. The molecule has 0 bridgehead atoms. The van der Waals surface area contributed by atoms with Gasteiger partial charge >= 0.3 is 6.36 Å². The summed E-state index contributed by atoms with van der Waals surface area (Å²) in [6.07, 6.45) is -4.76. The molecule has 28 heavy (non-hydrogen) atoms. The van der Waals surface area contributed by atoms with Gasteiger partial charge in [-0.25, -0.2) is 4.99 Å². The summed E-state index contributed by atoms with van der Waals surface area (Å²) >= 11 is 0. The van der Waals surface area contributed by atoms with Gasteiger partial charge in [-0.3, -0.25) is 0 Å². The van der Waals surface area contributed by atoms with E-state index in [1.807, 2.05) is 37.3 Å². The van der Waals surface area contributed by atoms with Crippen LogP contribution in [0.3, 0.4) is 0 Å². The molecule has 2 aromatic rings. The number of aliphatic imine (C=N–C) groups is 1. The average molecular weight is 395 g/mol. The first-order chi connectivity index (χ1) is 13.4. The second-order valence-corrected chi connectivity index (χ2v) is 6.02. The Bertz CT molecular complexity index is 752. The van der Waals surface area contributed by atoms with Crippen molar-refractivity contribution in [2.24, 2.45) is 4.99 Å². The maximum atomic E-state index is 12.5. The minimum Gasteiger partial charge on any atom is -0.405 e. The summed E-state index contributed by atoms with van der Waals surface area (Å²) in [6.45, 7) is 2.86. The number of halogens is 3. The van der Waals surface area contributed by atoms with Crippen molar-refractivity contribution in [2.75, 3.05) is 19.7 Å². The third-order valence-electron chi connectivity index (χ3n) is 3.96. The average Bonchev–Trinajstić information content (AvgIpc) is 2.67. The number of hydrogen-bond acceptors (Lipinski definition) is 3. The number of aliphatic hydroxyl groups excluding tert-OH is 1. The van der Waals surface area contributed by atoms with Gasteiger partial charge in [0.05, 0.1) is 13.2 Å². The first kappa shape index (κ1) is 21.6. The molecule has 0 heterocycles. The normalized spacial score (nSPS) is 13.1. The molecule has 3 N–H and O–H groups in total. The van der Waals surface area contributed by atoms with Crippen molar-refractivity contribution in [3.8, 4) is 5.75 Å². The molecule has 1 unspecified atom stereocenters. The van der Waals surface area contributed by atoms with E-state index in [2.05, 4.69) is 20.4 Å². The molecule has 0 aromatic heterocycles. The smallest absolute Gasteiger partial charge is 0.405 e. The zero-order valence-electron chi connectivity index (χ0n) is 15.5. The van der Waals surface area contributed by atoms with E-state index in [-0.39, 0.29) is 24.8 Å². The van der Waals surface area contributed by atoms with Crippen LogP contribution >= 0.6 is 0 Å². The molecule has 0 saturated carbocycles. The van der Waals surface area contributed by atoms with Crippen molar-refractivity contribution in [3.05, 3.63) is 65.7 Å². The van der Waals surface area contributed by atoms with Crippen molar-refractivity contribution < 1.29 is 23.0 Å². The standard InChI is InChI=1S/C20H24F3N3O2/c1-2-24-19(26-13-17(14-27)15-8-4-3-5-9-15)25-12-16-10-6-7-11-18(16)28-20(21,22)23/h3-11,17,27H,2,12-14H2,1H3,(H2,24,25,26). The van der Waals surface area contributed by atoms with E-state index >= 15 is 0 Å². The molecule has 1 atom stereocenters. The number of ether oxygens (including phenoxy) is 1. The summed E-state index contributed by atoms with van der Waals surface area (Å²) in [5.41, 5.74) is 1.30. The van der Waals surface area contributed by atoms with Crippen molar-refractivity contribution in [2.45, 2.75) is 25.7 Å². The van der Waals surface area contributed by atoms with E-state index in [0.29, 0.717) is 24.6 Å². The third kappa shape index (κ3) is 7.11. The number of benzene rings is 2. The van der Waals surface area contributed by atoms with Gasteiger partial charge < -0.3 is 20.5 Å². The molecular weight excluding hydrogens is 371 g/mol. The lowest BCUT2D eigenvalue weighted by Gasteiger charge is -2.18. The molecule has 2 rings (SSSR count). The number of aliphatic hydroxyl groups is 1. The first-order valence-electron chi connectivity index (χ1n) is 8.94. The van der Waals surface area contributed by atoms with E-state index in [0.717, 1.165) is 5.56 Å². The highest BCUT2D eigenvalue weighted by Gasteiger charge is 2.31. The Hall–Kier alpha value is -2.74.